The maximum Gasteiger partial charge on any atom is 0.254 e. The Labute approximate surface area is 156 Å². The van der Waals surface area contributed by atoms with E-state index in [1.54, 1.807) is 16.2 Å². The summed E-state index contributed by atoms with van der Waals surface area (Å²) in [6.07, 6.45) is 0. The first-order valence-electron chi connectivity index (χ1n) is 8.44. The molecule has 2 aromatic heterocycles. The van der Waals surface area contributed by atoms with Crippen LogP contribution in [0.3, 0.4) is 0 Å². The van der Waals surface area contributed by atoms with E-state index in [9.17, 15) is 4.79 Å². The Kier molecular flexibility index (Phi) is 4.50. The van der Waals surface area contributed by atoms with Gasteiger partial charge in [-0.25, -0.2) is 4.98 Å². The number of pyridine rings is 1. The summed E-state index contributed by atoms with van der Waals surface area (Å²) in [7, 11) is 1.84. The minimum Gasteiger partial charge on any atom is -0.337 e. The van der Waals surface area contributed by atoms with Gasteiger partial charge in [0.25, 0.3) is 5.91 Å². The summed E-state index contributed by atoms with van der Waals surface area (Å²) in [5.74, 6) is 0.00646. The van der Waals surface area contributed by atoms with Gasteiger partial charge in [-0.15, -0.1) is 0 Å². The van der Waals surface area contributed by atoms with Gasteiger partial charge in [0, 0.05) is 24.5 Å². The molecule has 2 aromatic carbocycles. The third-order valence-electron chi connectivity index (χ3n) is 4.36. The normalized spacial score (nSPS) is 10.8. The number of carbonyl (C=O) groups excluding carboxylic acids is 1. The number of para-hydroxylation sites is 1. The number of hydrogen-bond acceptors (Lipinski definition) is 3. The molecule has 0 radical (unpaired) electrons. The number of fused-ring (bicyclic) bond motifs is 1. The molecule has 0 atom stereocenters. The van der Waals surface area contributed by atoms with Crippen molar-refractivity contribution in [3.05, 3.63) is 88.6 Å². The fourth-order valence-electron chi connectivity index (χ4n) is 3.04. The molecule has 1 amide bonds. The predicted octanol–water partition coefficient (Wildman–Crippen LogP) is 5.24. The zero-order chi connectivity index (χ0) is 17.9. The second-order valence-corrected chi connectivity index (χ2v) is 7.01. The average Bonchev–Trinajstić information content (AvgIpc) is 3.20. The predicted molar refractivity (Wildman–Crippen MR) is 107 cm³/mol. The second kappa shape index (κ2) is 7.10. The van der Waals surface area contributed by atoms with E-state index in [1.807, 2.05) is 73.1 Å². The number of aromatic nitrogens is 1. The standard InChI is InChI=1S/C22H18N2OS/c1-24(14-16-11-12-26-15-16)22(25)19-13-21(17-7-3-2-4-8-17)23-20-10-6-5-9-18(19)20/h2-13,15H,14H2,1H3. The summed E-state index contributed by atoms with van der Waals surface area (Å²) < 4.78 is 0. The molecular formula is C22H18N2OS. The number of amides is 1. The minimum atomic E-state index is 0.00646. The molecule has 0 N–H and O–H groups in total. The lowest BCUT2D eigenvalue weighted by Gasteiger charge is -2.18. The number of rotatable bonds is 4. The van der Waals surface area contributed by atoms with Gasteiger partial charge >= 0.3 is 0 Å². The van der Waals surface area contributed by atoms with Crippen LogP contribution in [-0.4, -0.2) is 22.8 Å². The van der Waals surface area contributed by atoms with Crippen molar-refractivity contribution >= 4 is 28.1 Å². The van der Waals surface area contributed by atoms with Crippen LogP contribution in [-0.2, 0) is 6.54 Å². The van der Waals surface area contributed by atoms with E-state index in [1.165, 1.54) is 0 Å². The van der Waals surface area contributed by atoms with Crippen LogP contribution in [0.25, 0.3) is 22.2 Å². The van der Waals surface area contributed by atoms with Crippen molar-refractivity contribution in [2.45, 2.75) is 6.54 Å². The van der Waals surface area contributed by atoms with E-state index in [4.69, 9.17) is 4.98 Å². The molecule has 3 nitrogen and oxygen atoms in total. The highest BCUT2D eigenvalue weighted by Crippen LogP contribution is 2.26. The lowest BCUT2D eigenvalue weighted by atomic mass is 10.0. The van der Waals surface area contributed by atoms with E-state index >= 15 is 0 Å². The van der Waals surface area contributed by atoms with Gasteiger partial charge in [-0.1, -0.05) is 48.5 Å². The molecule has 4 heteroatoms. The van der Waals surface area contributed by atoms with E-state index in [0.717, 1.165) is 27.7 Å². The van der Waals surface area contributed by atoms with Crippen LogP contribution < -0.4 is 0 Å². The van der Waals surface area contributed by atoms with Crippen molar-refractivity contribution in [3.63, 3.8) is 0 Å². The quantitative estimate of drug-likeness (QED) is 0.500. The molecule has 2 heterocycles. The maximum absolute atomic E-state index is 13.2. The molecule has 0 fully saturated rings. The van der Waals surface area contributed by atoms with Gasteiger partial charge < -0.3 is 4.90 Å². The molecule has 0 saturated heterocycles. The van der Waals surface area contributed by atoms with Gasteiger partial charge in [0.05, 0.1) is 16.8 Å². The fraction of sp³-hybridized carbons (Fsp3) is 0.0909. The maximum atomic E-state index is 13.2. The Balaban J connectivity index is 1.78. The lowest BCUT2D eigenvalue weighted by Crippen LogP contribution is -2.26. The van der Waals surface area contributed by atoms with Crippen LogP contribution in [0.2, 0.25) is 0 Å². The van der Waals surface area contributed by atoms with Crippen molar-refractivity contribution in [2.75, 3.05) is 7.05 Å². The van der Waals surface area contributed by atoms with Gasteiger partial charge in [0.1, 0.15) is 0 Å². The van der Waals surface area contributed by atoms with Crippen molar-refractivity contribution in [2.24, 2.45) is 0 Å². The largest absolute Gasteiger partial charge is 0.337 e. The summed E-state index contributed by atoms with van der Waals surface area (Å²) >= 11 is 1.64. The van der Waals surface area contributed by atoms with Gasteiger partial charge in [-0.2, -0.15) is 11.3 Å². The Morgan fingerprint density at radius 1 is 1.04 bits per heavy atom. The number of thiophene rings is 1. The second-order valence-electron chi connectivity index (χ2n) is 6.23. The number of carbonyl (C=O) groups is 1. The molecule has 0 unspecified atom stereocenters. The first-order chi connectivity index (χ1) is 12.7. The zero-order valence-corrected chi connectivity index (χ0v) is 15.2. The van der Waals surface area contributed by atoms with Crippen LogP contribution in [0, 0.1) is 0 Å². The molecule has 128 valence electrons. The van der Waals surface area contributed by atoms with Crippen molar-refractivity contribution in [1.82, 2.24) is 9.88 Å². The third kappa shape index (κ3) is 3.24. The first kappa shape index (κ1) is 16.5. The summed E-state index contributed by atoms with van der Waals surface area (Å²) in [6, 6.07) is 21.7. The highest BCUT2D eigenvalue weighted by Gasteiger charge is 2.17. The van der Waals surface area contributed by atoms with E-state index in [-0.39, 0.29) is 5.91 Å². The average molecular weight is 358 g/mol. The fourth-order valence-corrected chi connectivity index (χ4v) is 3.70. The van der Waals surface area contributed by atoms with Crippen LogP contribution in [0.1, 0.15) is 15.9 Å². The number of hydrogen-bond donors (Lipinski definition) is 0. The van der Waals surface area contributed by atoms with Crippen LogP contribution >= 0.6 is 11.3 Å². The molecule has 4 rings (SSSR count). The number of nitrogens with zero attached hydrogens (tertiary/aromatic N) is 2. The van der Waals surface area contributed by atoms with Gasteiger partial charge in [-0.3, -0.25) is 4.79 Å². The molecule has 0 aliphatic rings. The lowest BCUT2D eigenvalue weighted by molar-refractivity contribution is 0.0787. The highest BCUT2D eigenvalue weighted by molar-refractivity contribution is 7.07. The molecule has 26 heavy (non-hydrogen) atoms. The summed E-state index contributed by atoms with van der Waals surface area (Å²) in [5.41, 5.74) is 4.49. The topological polar surface area (TPSA) is 33.2 Å². The van der Waals surface area contributed by atoms with Crippen LogP contribution in [0.15, 0.2) is 77.5 Å². The molecule has 0 saturated carbocycles. The molecule has 0 spiro atoms. The summed E-state index contributed by atoms with van der Waals surface area (Å²) in [4.78, 5) is 19.7. The molecule has 4 aromatic rings. The first-order valence-corrected chi connectivity index (χ1v) is 9.38. The molecule has 0 bridgehead atoms. The van der Waals surface area contributed by atoms with E-state index < -0.39 is 0 Å². The molecule has 0 aliphatic heterocycles. The third-order valence-corrected chi connectivity index (χ3v) is 5.09. The highest BCUT2D eigenvalue weighted by atomic mass is 32.1. The minimum absolute atomic E-state index is 0.00646. The van der Waals surface area contributed by atoms with Crippen molar-refractivity contribution in [1.29, 1.82) is 0 Å². The Hall–Kier alpha value is -2.98. The van der Waals surface area contributed by atoms with Crippen molar-refractivity contribution in [3.8, 4) is 11.3 Å². The Morgan fingerprint density at radius 3 is 2.58 bits per heavy atom. The van der Waals surface area contributed by atoms with Crippen LogP contribution in [0.4, 0.5) is 0 Å². The monoisotopic (exact) mass is 358 g/mol. The van der Waals surface area contributed by atoms with Gasteiger partial charge in [0.15, 0.2) is 0 Å². The summed E-state index contributed by atoms with van der Waals surface area (Å²) in [5, 5.41) is 4.99. The SMILES string of the molecule is CN(Cc1ccsc1)C(=O)c1cc(-c2ccccc2)nc2ccccc12. The zero-order valence-electron chi connectivity index (χ0n) is 14.4. The Morgan fingerprint density at radius 2 is 1.81 bits per heavy atom. The van der Waals surface area contributed by atoms with E-state index in [2.05, 4.69) is 11.4 Å². The molecule has 0 aliphatic carbocycles. The smallest absolute Gasteiger partial charge is 0.254 e. The van der Waals surface area contributed by atoms with Crippen molar-refractivity contribution < 1.29 is 4.79 Å². The van der Waals surface area contributed by atoms with Gasteiger partial charge in [-0.05, 0) is 34.5 Å². The molecular weight excluding hydrogens is 340 g/mol. The van der Waals surface area contributed by atoms with E-state index in [0.29, 0.717) is 12.1 Å². The summed E-state index contributed by atoms with van der Waals surface area (Å²) in [6.45, 7) is 0.597. The Bertz CT molecular complexity index is 1040. The van der Waals surface area contributed by atoms with Crippen LogP contribution in [0.5, 0.6) is 0 Å². The van der Waals surface area contributed by atoms with Gasteiger partial charge in [0.2, 0.25) is 0 Å². The number of benzene rings is 2.